The quantitative estimate of drug-likeness (QED) is 0.477. The molecule has 120 valence electrons. The maximum atomic E-state index is 12.6. The number of esters is 1. The SMILES string of the molecule is N#CCCNC(=O)COC(=O)C12C[C@H]3C[C@@H](CC(Cl)(C3)C1)C2. The average Bonchev–Trinajstić information content (AvgIpc) is 2.42. The molecular weight excluding hydrogens is 304 g/mol. The fraction of sp³-hybridized carbons (Fsp3) is 0.812. The third-order valence-corrected chi connectivity index (χ3v) is 5.76. The summed E-state index contributed by atoms with van der Waals surface area (Å²) in [5.41, 5.74) is -0.473. The van der Waals surface area contributed by atoms with Crippen LogP contribution in [0.2, 0.25) is 0 Å². The molecule has 0 saturated heterocycles. The summed E-state index contributed by atoms with van der Waals surface area (Å²) in [5.74, 6) is 0.433. The second-order valence-electron chi connectivity index (χ2n) is 7.23. The Balaban J connectivity index is 1.56. The van der Waals surface area contributed by atoms with Gasteiger partial charge in [-0.05, 0) is 50.4 Å². The van der Waals surface area contributed by atoms with Gasteiger partial charge in [-0.25, -0.2) is 0 Å². The number of alkyl halides is 1. The fourth-order valence-corrected chi connectivity index (χ4v) is 5.67. The molecule has 4 aliphatic carbocycles. The van der Waals surface area contributed by atoms with Crippen molar-refractivity contribution in [3.63, 3.8) is 0 Å². The maximum absolute atomic E-state index is 12.6. The van der Waals surface area contributed by atoms with Crippen LogP contribution in [0.25, 0.3) is 0 Å². The third kappa shape index (κ3) is 2.94. The number of rotatable bonds is 5. The summed E-state index contributed by atoms with van der Waals surface area (Å²) in [6.45, 7) is 0.0175. The van der Waals surface area contributed by atoms with Gasteiger partial charge in [0, 0.05) is 11.4 Å². The zero-order valence-electron chi connectivity index (χ0n) is 12.6. The maximum Gasteiger partial charge on any atom is 0.312 e. The van der Waals surface area contributed by atoms with Gasteiger partial charge in [0.25, 0.3) is 5.91 Å². The van der Waals surface area contributed by atoms with Gasteiger partial charge in [0.15, 0.2) is 6.61 Å². The molecule has 2 atom stereocenters. The van der Waals surface area contributed by atoms with E-state index >= 15 is 0 Å². The normalized spacial score (nSPS) is 38.4. The van der Waals surface area contributed by atoms with Gasteiger partial charge in [0.1, 0.15) is 0 Å². The van der Waals surface area contributed by atoms with Gasteiger partial charge >= 0.3 is 5.97 Å². The van der Waals surface area contributed by atoms with Crippen LogP contribution in [-0.4, -0.2) is 29.9 Å². The smallest absolute Gasteiger partial charge is 0.312 e. The molecule has 1 N–H and O–H groups in total. The Morgan fingerprint density at radius 3 is 2.55 bits per heavy atom. The lowest BCUT2D eigenvalue weighted by Crippen LogP contribution is -2.56. The van der Waals surface area contributed by atoms with Crippen molar-refractivity contribution < 1.29 is 14.3 Å². The van der Waals surface area contributed by atoms with Crippen LogP contribution in [0, 0.1) is 28.6 Å². The molecule has 6 heteroatoms. The topological polar surface area (TPSA) is 79.2 Å². The number of nitrogens with one attached hydrogen (secondary N) is 1. The van der Waals surface area contributed by atoms with Crippen LogP contribution in [0.4, 0.5) is 0 Å². The van der Waals surface area contributed by atoms with Crippen molar-refractivity contribution in [2.45, 2.75) is 49.8 Å². The van der Waals surface area contributed by atoms with Crippen LogP contribution in [0.1, 0.15) is 44.9 Å². The van der Waals surface area contributed by atoms with Gasteiger partial charge in [0.2, 0.25) is 0 Å². The van der Waals surface area contributed by atoms with E-state index in [0.29, 0.717) is 18.3 Å². The first kappa shape index (κ1) is 15.6. The molecule has 4 saturated carbocycles. The summed E-state index contributed by atoms with van der Waals surface area (Å²) in [4.78, 5) is 23.9. The fourth-order valence-electron chi connectivity index (χ4n) is 4.98. The van der Waals surface area contributed by atoms with Crippen LogP contribution < -0.4 is 5.32 Å². The predicted octanol–water partition coefficient (Wildman–Crippen LogP) is 2.14. The lowest BCUT2D eigenvalue weighted by Gasteiger charge is -2.58. The van der Waals surface area contributed by atoms with Crippen molar-refractivity contribution in [3.8, 4) is 6.07 Å². The highest BCUT2D eigenvalue weighted by atomic mass is 35.5. The van der Waals surface area contributed by atoms with Gasteiger partial charge < -0.3 is 10.1 Å². The summed E-state index contributed by atoms with van der Waals surface area (Å²) < 4.78 is 5.27. The highest BCUT2D eigenvalue weighted by molar-refractivity contribution is 6.24. The minimum Gasteiger partial charge on any atom is -0.455 e. The summed E-state index contributed by atoms with van der Waals surface area (Å²) in [6, 6.07) is 1.94. The molecule has 5 nitrogen and oxygen atoms in total. The van der Waals surface area contributed by atoms with E-state index < -0.39 is 5.41 Å². The Bertz CT molecular complexity index is 514. The summed E-state index contributed by atoms with van der Waals surface area (Å²) in [5, 5.41) is 11.0. The molecule has 0 spiro atoms. The number of hydrogen-bond acceptors (Lipinski definition) is 4. The Hall–Kier alpha value is -1.28. The monoisotopic (exact) mass is 324 g/mol. The Labute approximate surface area is 135 Å². The Morgan fingerprint density at radius 1 is 1.27 bits per heavy atom. The zero-order chi connectivity index (χ0) is 15.8. The molecule has 0 heterocycles. The molecule has 0 radical (unpaired) electrons. The highest BCUT2D eigenvalue weighted by Gasteiger charge is 2.60. The van der Waals surface area contributed by atoms with E-state index in [9.17, 15) is 9.59 Å². The molecule has 4 bridgehead atoms. The molecule has 1 amide bonds. The van der Waals surface area contributed by atoms with Gasteiger partial charge in [0.05, 0.1) is 17.9 Å². The summed E-state index contributed by atoms with van der Waals surface area (Å²) in [7, 11) is 0. The summed E-state index contributed by atoms with van der Waals surface area (Å²) >= 11 is 6.69. The molecule has 0 aromatic carbocycles. The number of nitriles is 1. The highest BCUT2D eigenvalue weighted by Crippen LogP contribution is 2.64. The number of hydrogen-bond donors (Lipinski definition) is 1. The third-order valence-electron chi connectivity index (χ3n) is 5.32. The van der Waals surface area contributed by atoms with E-state index in [1.807, 2.05) is 6.07 Å². The van der Waals surface area contributed by atoms with Gasteiger partial charge in [-0.15, -0.1) is 11.6 Å². The van der Waals surface area contributed by atoms with Crippen LogP contribution in [0.5, 0.6) is 0 Å². The Kier molecular flexibility index (Phi) is 4.07. The number of carbonyl (C=O) groups is 2. The number of ether oxygens (including phenoxy) is 1. The average molecular weight is 325 g/mol. The van der Waals surface area contributed by atoms with Gasteiger partial charge in [-0.1, -0.05) is 0 Å². The molecule has 0 unspecified atom stereocenters. The number of halogens is 1. The first-order valence-electron chi connectivity index (χ1n) is 7.95. The largest absolute Gasteiger partial charge is 0.455 e. The van der Waals surface area contributed by atoms with E-state index in [-0.39, 0.29) is 36.3 Å². The van der Waals surface area contributed by atoms with Gasteiger partial charge in [-0.2, -0.15) is 5.26 Å². The molecule has 4 rings (SSSR count). The molecule has 0 aliphatic heterocycles. The van der Waals surface area contributed by atoms with Crippen molar-refractivity contribution in [1.82, 2.24) is 5.32 Å². The molecule has 4 fully saturated rings. The summed E-state index contributed by atoms with van der Waals surface area (Å²) in [6.07, 6.45) is 5.84. The number of nitrogens with zero attached hydrogens (tertiary/aromatic N) is 1. The first-order chi connectivity index (χ1) is 10.4. The number of amides is 1. The predicted molar refractivity (Wildman–Crippen MR) is 79.9 cm³/mol. The van der Waals surface area contributed by atoms with Crippen molar-refractivity contribution in [2.75, 3.05) is 13.2 Å². The lowest BCUT2D eigenvalue weighted by molar-refractivity contribution is -0.171. The van der Waals surface area contributed by atoms with Crippen molar-refractivity contribution in [1.29, 1.82) is 5.26 Å². The zero-order valence-corrected chi connectivity index (χ0v) is 13.3. The van der Waals surface area contributed by atoms with Crippen LogP contribution in [-0.2, 0) is 14.3 Å². The van der Waals surface area contributed by atoms with Crippen LogP contribution in [0.3, 0.4) is 0 Å². The van der Waals surface area contributed by atoms with Crippen molar-refractivity contribution in [2.24, 2.45) is 17.3 Å². The lowest BCUT2D eigenvalue weighted by atomic mass is 9.49. The molecule has 0 aromatic rings. The second kappa shape index (κ2) is 5.73. The van der Waals surface area contributed by atoms with E-state index in [1.165, 1.54) is 6.42 Å². The Morgan fingerprint density at radius 2 is 1.95 bits per heavy atom. The van der Waals surface area contributed by atoms with E-state index in [1.54, 1.807) is 0 Å². The van der Waals surface area contributed by atoms with Crippen LogP contribution in [0.15, 0.2) is 0 Å². The molecule has 0 aromatic heterocycles. The second-order valence-corrected chi connectivity index (χ2v) is 8.03. The van der Waals surface area contributed by atoms with Gasteiger partial charge in [-0.3, -0.25) is 9.59 Å². The van der Waals surface area contributed by atoms with Crippen molar-refractivity contribution >= 4 is 23.5 Å². The van der Waals surface area contributed by atoms with E-state index in [2.05, 4.69) is 5.32 Å². The standard InChI is InChI=1S/C16H21ClN2O3/c17-16-7-11-4-12(8-16)6-15(5-11,10-16)14(21)22-9-13(20)19-3-1-2-18/h11-12H,1,3-10H2,(H,19,20)/t11-,12-,15?,16?/m1/s1. The number of carbonyl (C=O) groups excluding carboxylic acids is 2. The first-order valence-corrected chi connectivity index (χ1v) is 8.32. The minimum absolute atomic E-state index is 0.238. The van der Waals surface area contributed by atoms with E-state index in [4.69, 9.17) is 21.6 Å². The minimum atomic E-state index is -0.473. The van der Waals surface area contributed by atoms with E-state index in [0.717, 1.165) is 25.7 Å². The van der Waals surface area contributed by atoms with Crippen LogP contribution >= 0.6 is 11.6 Å². The molecule has 22 heavy (non-hydrogen) atoms. The van der Waals surface area contributed by atoms with Crippen molar-refractivity contribution in [3.05, 3.63) is 0 Å². The molecular formula is C16H21ClN2O3. The molecule has 4 aliphatic rings.